The highest BCUT2D eigenvalue weighted by atomic mass is 32.2. The van der Waals surface area contributed by atoms with Crippen LogP contribution in [0.5, 0.6) is 0 Å². The molecule has 1 rings (SSSR count). The molecule has 0 aromatic heterocycles. The van der Waals surface area contributed by atoms with Gasteiger partial charge in [0.1, 0.15) is 0 Å². The molecular weight excluding hydrogens is 192 g/mol. The van der Waals surface area contributed by atoms with Gasteiger partial charge in [-0.3, -0.25) is 4.99 Å². The van der Waals surface area contributed by atoms with E-state index in [2.05, 4.69) is 38.0 Å². The van der Waals surface area contributed by atoms with Crippen LogP contribution in [0.15, 0.2) is 4.99 Å². The Balaban J connectivity index is 2.34. The van der Waals surface area contributed by atoms with Crippen LogP contribution in [-0.2, 0) is 0 Å². The van der Waals surface area contributed by atoms with Gasteiger partial charge in [0.05, 0.1) is 0 Å². The predicted molar refractivity (Wildman–Crippen MR) is 66.0 cm³/mol. The average Bonchev–Trinajstić information content (AvgIpc) is 2.62. The van der Waals surface area contributed by atoms with Crippen LogP contribution in [0.25, 0.3) is 0 Å². The first-order valence-electron chi connectivity index (χ1n) is 5.57. The van der Waals surface area contributed by atoms with E-state index in [-0.39, 0.29) is 0 Å². The molecule has 0 saturated carbocycles. The van der Waals surface area contributed by atoms with E-state index in [1.165, 1.54) is 12.2 Å². The van der Waals surface area contributed by atoms with Crippen LogP contribution in [0.2, 0.25) is 0 Å². The van der Waals surface area contributed by atoms with Crippen LogP contribution in [0.1, 0.15) is 34.1 Å². The molecule has 0 spiro atoms. The molecule has 3 heteroatoms. The fourth-order valence-electron chi connectivity index (χ4n) is 1.23. The Morgan fingerprint density at radius 1 is 1.50 bits per heavy atom. The molecule has 1 aliphatic rings. The summed E-state index contributed by atoms with van der Waals surface area (Å²) in [5.74, 6) is 2.60. The van der Waals surface area contributed by atoms with Crippen molar-refractivity contribution in [2.45, 2.75) is 40.2 Å². The maximum atomic E-state index is 4.60. The van der Waals surface area contributed by atoms with Gasteiger partial charge in [-0.1, -0.05) is 45.9 Å². The second-order valence-corrected chi connectivity index (χ2v) is 5.47. The second-order valence-electron chi connectivity index (χ2n) is 4.47. The molecule has 2 nitrogen and oxygen atoms in total. The summed E-state index contributed by atoms with van der Waals surface area (Å²) in [6, 6.07) is 0.621. The van der Waals surface area contributed by atoms with E-state index in [0.29, 0.717) is 17.9 Å². The van der Waals surface area contributed by atoms with Crippen LogP contribution in [0.4, 0.5) is 0 Å². The Bertz CT molecular complexity index is 201. The van der Waals surface area contributed by atoms with E-state index in [1.54, 1.807) is 0 Å². The van der Waals surface area contributed by atoms with Gasteiger partial charge in [0, 0.05) is 18.3 Å². The summed E-state index contributed by atoms with van der Waals surface area (Å²) in [4.78, 5) is 4.60. The first kappa shape index (κ1) is 11.9. The Morgan fingerprint density at radius 2 is 2.21 bits per heavy atom. The summed E-state index contributed by atoms with van der Waals surface area (Å²) < 4.78 is 0. The molecule has 0 radical (unpaired) electrons. The van der Waals surface area contributed by atoms with Crippen molar-refractivity contribution in [1.82, 2.24) is 5.32 Å². The Morgan fingerprint density at radius 3 is 2.71 bits per heavy atom. The third-order valence-corrected chi connectivity index (χ3v) is 3.80. The molecule has 0 aromatic carbocycles. The summed E-state index contributed by atoms with van der Waals surface area (Å²) >= 11 is 1.87. The van der Waals surface area contributed by atoms with Gasteiger partial charge in [-0.25, -0.2) is 0 Å². The Labute approximate surface area is 92.0 Å². The fourth-order valence-corrected chi connectivity index (χ4v) is 2.44. The van der Waals surface area contributed by atoms with E-state index >= 15 is 0 Å². The molecule has 1 unspecified atom stereocenters. The molecule has 14 heavy (non-hydrogen) atoms. The summed E-state index contributed by atoms with van der Waals surface area (Å²) in [6.07, 6.45) is 1.22. The number of amidine groups is 1. The number of thioether (sulfide) groups is 1. The zero-order valence-electron chi connectivity index (χ0n) is 9.71. The van der Waals surface area contributed by atoms with Crippen molar-refractivity contribution in [3.05, 3.63) is 0 Å². The fraction of sp³-hybridized carbons (Fsp3) is 0.909. The van der Waals surface area contributed by atoms with E-state index in [0.717, 1.165) is 11.7 Å². The van der Waals surface area contributed by atoms with Gasteiger partial charge in [-0.15, -0.1) is 0 Å². The van der Waals surface area contributed by atoms with Crippen LogP contribution < -0.4 is 5.32 Å². The highest BCUT2D eigenvalue weighted by molar-refractivity contribution is 8.14. The summed E-state index contributed by atoms with van der Waals surface area (Å²) in [5, 5.41) is 4.64. The maximum Gasteiger partial charge on any atom is 0.156 e. The quantitative estimate of drug-likeness (QED) is 0.778. The molecule has 0 bridgehead atoms. The minimum atomic E-state index is 0.621. The van der Waals surface area contributed by atoms with Crippen molar-refractivity contribution in [1.29, 1.82) is 0 Å². The Kier molecular flexibility index (Phi) is 4.79. The van der Waals surface area contributed by atoms with Gasteiger partial charge in [-0.2, -0.15) is 0 Å². The highest BCUT2D eigenvalue weighted by Crippen LogP contribution is 2.19. The van der Waals surface area contributed by atoms with Gasteiger partial charge >= 0.3 is 0 Å². The minimum Gasteiger partial charge on any atom is -0.361 e. The first-order chi connectivity index (χ1) is 6.63. The van der Waals surface area contributed by atoms with Gasteiger partial charge < -0.3 is 5.32 Å². The maximum absolute atomic E-state index is 4.60. The molecule has 1 saturated heterocycles. The third kappa shape index (κ3) is 3.52. The number of aliphatic imine (C=N–C) groups is 1. The lowest BCUT2D eigenvalue weighted by Crippen LogP contribution is -2.31. The molecule has 1 aliphatic heterocycles. The monoisotopic (exact) mass is 214 g/mol. The molecule has 1 N–H and O–H groups in total. The van der Waals surface area contributed by atoms with Crippen molar-refractivity contribution in [3.8, 4) is 0 Å². The van der Waals surface area contributed by atoms with Crippen LogP contribution >= 0.6 is 11.8 Å². The Hall–Kier alpha value is -0.180. The SMILES string of the molecule is CCC(C)CN=C1N[C@@H](C(C)C)CS1. The van der Waals surface area contributed by atoms with Crippen molar-refractivity contribution in [2.75, 3.05) is 12.3 Å². The van der Waals surface area contributed by atoms with E-state index < -0.39 is 0 Å². The first-order valence-corrected chi connectivity index (χ1v) is 6.55. The molecule has 1 heterocycles. The third-order valence-electron chi connectivity index (χ3n) is 2.76. The highest BCUT2D eigenvalue weighted by Gasteiger charge is 2.22. The van der Waals surface area contributed by atoms with Crippen LogP contribution in [0, 0.1) is 11.8 Å². The molecule has 2 atom stereocenters. The van der Waals surface area contributed by atoms with Crippen LogP contribution in [0.3, 0.4) is 0 Å². The number of nitrogens with zero attached hydrogens (tertiary/aromatic N) is 1. The average molecular weight is 214 g/mol. The van der Waals surface area contributed by atoms with E-state index in [4.69, 9.17) is 0 Å². The lowest BCUT2D eigenvalue weighted by atomic mass is 10.1. The molecule has 0 amide bonds. The number of hydrogen-bond donors (Lipinski definition) is 1. The number of nitrogens with one attached hydrogen (secondary N) is 1. The number of rotatable bonds is 4. The van der Waals surface area contributed by atoms with Crippen molar-refractivity contribution < 1.29 is 0 Å². The zero-order valence-corrected chi connectivity index (χ0v) is 10.5. The van der Waals surface area contributed by atoms with Crippen molar-refractivity contribution in [2.24, 2.45) is 16.8 Å². The molecule has 82 valence electrons. The second kappa shape index (κ2) is 5.64. The summed E-state index contributed by atoms with van der Waals surface area (Å²) in [6.45, 7) is 9.96. The van der Waals surface area contributed by atoms with Gasteiger partial charge in [0.2, 0.25) is 0 Å². The summed E-state index contributed by atoms with van der Waals surface area (Å²) in [7, 11) is 0. The molecule has 0 aliphatic carbocycles. The molecule has 1 fully saturated rings. The van der Waals surface area contributed by atoms with Crippen LogP contribution in [-0.4, -0.2) is 23.5 Å². The van der Waals surface area contributed by atoms with Gasteiger partial charge in [0.25, 0.3) is 0 Å². The summed E-state index contributed by atoms with van der Waals surface area (Å²) in [5.41, 5.74) is 0. The van der Waals surface area contributed by atoms with E-state index in [9.17, 15) is 0 Å². The van der Waals surface area contributed by atoms with Gasteiger partial charge in [0.15, 0.2) is 5.17 Å². The van der Waals surface area contributed by atoms with Crippen molar-refractivity contribution >= 4 is 16.9 Å². The van der Waals surface area contributed by atoms with Gasteiger partial charge in [-0.05, 0) is 11.8 Å². The topological polar surface area (TPSA) is 24.4 Å². The largest absolute Gasteiger partial charge is 0.361 e. The molecule has 0 aromatic rings. The van der Waals surface area contributed by atoms with E-state index in [1.807, 2.05) is 11.8 Å². The molecular formula is C11H22N2S. The standard InChI is InChI=1S/C11H22N2S/c1-5-9(4)6-12-11-13-10(7-14-11)8(2)3/h8-10H,5-7H2,1-4H3,(H,12,13)/t9?,10-/m1/s1. The number of hydrogen-bond acceptors (Lipinski definition) is 2. The predicted octanol–water partition coefficient (Wildman–Crippen LogP) is 2.75. The zero-order chi connectivity index (χ0) is 10.6. The lowest BCUT2D eigenvalue weighted by molar-refractivity contribution is 0.501. The smallest absolute Gasteiger partial charge is 0.156 e. The van der Waals surface area contributed by atoms with Crippen molar-refractivity contribution in [3.63, 3.8) is 0 Å². The lowest BCUT2D eigenvalue weighted by Gasteiger charge is -2.13. The normalized spacial score (nSPS) is 26.9. The minimum absolute atomic E-state index is 0.621.